The molecule has 7 nitrogen and oxygen atoms in total. The van der Waals surface area contributed by atoms with Gasteiger partial charge in [-0.1, -0.05) is 30.3 Å². The molecular formula is C24H27N5O2S. The van der Waals surface area contributed by atoms with Crippen molar-refractivity contribution in [3.05, 3.63) is 59.6 Å². The fourth-order valence-electron chi connectivity index (χ4n) is 4.48. The van der Waals surface area contributed by atoms with Crippen LogP contribution in [0.15, 0.2) is 54.6 Å². The van der Waals surface area contributed by atoms with Crippen molar-refractivity contribution in [2.24, 2.45) is 0 Å². The molecule has 1 aromatic heterocycles. The lowest BCUT2D eigenvalue weighted by molar-refractivity contribution is -0.134. The van der Waals surface area contributed by atoms with Gasteiger partial charge >= 0.3 is 6.03 Å². The summed E-state index contributed by atoms with van der Waals surface area (Å²) in [6.07, 6.45) is 2.13. The van der Waals surface area contributed by atoms with Crippen molar-refractivity contribution in [2.75, 3.05) is 44.6 Å². The molecule has 1 N–H and O–H groups in total. The molecule has 2 aromatic carbocycles. The lowest BCUT2D eigenvalue weighted by atomic mass is 10.2. The van der Waals surface area contributed by atoms with E-state index in [1.54, 1.807) is 16.2 Å². The first-order chi connectivity index (χ1) is 15.7. The highest BCUT2D eigenvalue weighted by molar-refractivity contribution is 7.18. The van der Waals surface area contributed by atoms with E-state index in [4.69, 9.17) is 4.98 Å². The molecule has 2 saturated heterocycles. The van der Waals surface area contributed by atoms with E-state index in [9.17, 15) is 9.59 Å². The summed E-state index contributed by atoms with van der Waals surface area (Å²) in [4.78, 5) is 36.3. The van der Waals surface area contributed by atoms with Crippen LogP contribution in [0, 0.1) is 0 Å². The molecule has 0 aliphatic carbocycles. The third kappa shape index (κ3) is 4.47. The number of amides is 3. The van der Waals surface area contributed by atoms with E-state index in [0.29, 0.717) is 32.7 Å². The molecular weight excluding hydrogens is 422 g/mol. The number of carbonyl (C=O) groups excluding carboxylic acids is 2. The van der Waals surface area contributed by atoms with E-state index >= 15 is 0 Å². The van der Waals surface area contributed by atoms with E-state index < -0.39 is 0 Å². The summed E-state index contributed by atoms with van der Waals surface area (Å²) in [7, 11) is 0. The Kier molecular flexibility index (Phi) is 6.05. The van der Waals surface area contributed by atoms with Crippen LogP contribution in [0.2, 0.25) is 0 Å². The number of para-hydroxylation sites is 2. The van der Waals surface area contributed by atoms with Gasteiger partial charge in [0, 0.05) is 31.9 Å². The number of anilines is 1. The zero-order valence-corrected chi connectivity index (χ0v) is 18.8. The zero-order valence-electron chi connectivity index (χ0n) is 17.9. The van der Waals surface area contributed by atoms with E-state index in [2.05, 4.69) is 16.3 Å². The Labute approximate surface area is 191 Å². The number of fused-ring (bicyclic) bond motifs is 1. The Hall–Kier alpha value is -2.97. The quantitative estimate of drug-likeness (QED) is 0.658. The van der Waals surface area contributed by atoms with Crippen LogP contribution in [-0.2, 0) is 4.79 Å². The molecule has 0 saturated carbocycles. The Morgan fingerprint density at radius 3 is 2.44 bits per heavy atom. The molecule has 0 radical (unpaired) electrons. The van der Waals surface area contributed by atoms with Crippen LogP contribution < -0.4 is 5.32 Å². The van der Waals surface area contributed by atoms with Crippen LogP contribution in [0.25, 0.3) is 10.2 Å². The standard InChI is InChI=1S/C24H27N5O2S/c30-22(27-13-15-28(16-14-27)24(31)25-18-7-2-1-3-8-18)17-29-12-6-10-20(29)23-26-19-9-4-5-11-21(19)32-23/h1-5,7-9,11,20H,6,10,12-17H2,(H,25,31). The van der Waals surface area contributed by atoms with Crippen molar-refractivity contribution < 1.29 is 9.59 Å². The van der Waals surface area contributed by atoms with Crippen LogP contribution in [-0.4, -0.2) is 70.9 Å². The molecule has 0 spiro atoms. The first-order valence-corrected chi connectivity index (χ1v) is 12.0. The second-order valence-corrected chi connectivity index (χ2v) is 9.37. The number of carbonyl (C=O) groups is 2. The van der Waals surface area contributed by atoms with Gasteiger partial charge in [0.2, 0.25) is 5.91 Å². The molecule has 3 aromatic rings. The molecule has 1 unspecified atom stereocenters. The summed E-state index contributed by atoms with van der Waals surface area (Å²) in [6.45, 7) is 3.57. The number of nitrogens with zero attached hydrogens (tertiary/aromatic N) is 4. The second kappa shape index (κ2) is 9.26. The molecule has 3 heterocycles. The zero-order chi connectivity index (χ0) is 21.9. The Bertz CT molecular complexity index is 1060. The van der Waals surface area contributed by atoms with Crippen molar-refractivity contribution in [3.8, 4) is 0 Å². The highest BCUT2D eigenvalue weighted by atomic mass is 32.1. The highest BCUT2D eigenvalue weighted by Gasteiger charge is 2.32. The third-order valence-corrected chi connectivity index (χ3v) is 7.38. The minimum absolute atomic E-state index is 0.112. The fourth-order valence-corrected chi connectivity index (χ4v) is 5.62. The fraction of sp³-hybridized carbons (Fsp3) is 0.375. The van der Waals surface area contributed by atoms with Crippen molar-refractivity contribution in [2.45, 2.75) is 18.9 Å². The largest absolute Gasteiger partial charge is 0.338 e. The van der Waals surface area contributed by atoms with Crippen molar-refractivity contribution >= 4 is 39.2 Å². The molecule has 2 aliphatic rings. The van der Waals surface area contributed by atoms with Crippen LogP contribution in [0.1, 0.15) is 23.9 Å². The number of hydrogen-bond acceptors (Lipinski definition) is 5. The van der Waals surface area contributed by atoms with Gasteiger partial charge in [-0.25, -0.2) is 9.78 Å². The van der Waals surface area contributed by atoms with Crippen LogP contribution in [0.3, 0.4) is 0 Å². The Morgan fingerprint density at radius 1 is 0.938 bits per heavy atom. The van der Waals surface area contributed by atoms with Crippen molar-refractivity contribution in [3.63, 3.8) is 0 Å². The lowest BCUT2D eigenvalue weighted by Crippen LogP contribution is -2.53. The number of urea groups is 1. The molecule has 32 heavy (non-hydrogen) atoms. The smallest absolute Gasteiger partial charge is 0.321 e. The number of piperazine rings is 1. The number of nitrogens with one attached hydrogen (secondary N) is 1. The number of thiazole rings is 1. The predicted octanol–water partition coefficient (Wildman–Crippen LogP) is 3.81. The van der Waals surface area contributed by atoms with E-state index in [0.717, 1.165) is 35.6 Å². The van der Waals surface area contributed by atoms with Gasteiger partial charge in [-0.2, -0.15) is 0 Å². The van der Waals surface area contributed by atoms with Gasteiger partial charge in [0.25, 0.3) is 0 Å². The molecule has 0 bridgehead atoms. The lowest BCUT2D eigenvalue weighted by Gasteiger charge is -2.36. The van der Waals surface area contributed by atoms with Crippen LogP contribution in [0.4, 0.5) is 10.5 Å². The summed E-state index contributed by atoms with van der Waals surface area (Å²) in [5.41, 5.74) is 1.82. The van der Waals surface area contributed by atoms with Crippen molar-refractivity contribution in [1.29, 1.82) is 0 Å². The summed E-state index contributed by atoms with van der Waals surface area (Å²) in [6, 6.07) is 17.8. The Balaban J connectivity index is 1.15. The maximum Gasteiger partial charge on any atom is 0.321 e. The number of rotatable bonds is 4. The van der Waals surface area contributed by atoms with Gasteiger partial charge in [0.15, 0.2) is 0 Å². The number of aromatic nitrogens is 1. The third-order valence-electron chi connectivity index (χ3n) is 6.24. The number of benzene rings is 2. The average Bonchev–Trinajstić information content (AvgIpc) is 3.46. The Morgan fingerprint density at radius 2 is 1.66 bits per heavy atom. The van der Waals surface area contributed by atoms with Gasteiger partial charge < -0.3 is 15.1 Å². The molecule has 2 fully saturated rings. The molecule has 2 aliphatic heterocycles. The highest BCUT2D eigenvalue weighted by Crippen LogP contribution is 2.36. The first-order valence-electron chi connectivity index (χ1n) is 11.2. The van der Waals surface area contributed by atoms with E-state index in [-0.39, 0.29) is 18.0 Å². The summed E-state index contributed by atoms with van der Waals surface area (Å²) < 4.78 is 1.20. The maximum absolute atomic E-state index is 13.0. The van der Waals surface area contributed by atoms with Gasteiger partial charge in [-0.05, 0) is 43.7 Å². The van der Waals surface area contributed by atoms with E-state index in [1.165, 1.54) is 4.70 Å². The average molecular weight is 450 g/mol. The monoisotopic (exact) mass is 449 g/mol. The first kappa shape index (κ1) is 20.9. The van der Waals surface area contributed by atoms with Crippen LogP contribution in [0.5, 0.6) is 0 Å². The SMILES string of the molecule is O=C(CN1CCCC1c1nc2ccccc2s1)N1CCN(C(=O)Nc2ccccc2)CC1. The molecule has 1 atom stereocenters. The normalized spacial score (nSPS) is 19.4. The molecule has 166 valence electrons. The predicted molar refractivity (Wildman–Crippen MR) is 127 cm³/mol. The molecule has 8 heteroatoms. The van der Waals surface area contributed by atoms with Crippen molar-refractivity contribution in [1.82, 2.24) is 19.7 Å². The summed E-state index contributed by atoms with van der Waals surface area (Å²) in [5, 5.41) is 4.03. The summed E-state index contributed by atoms with van der Waals surface area (Å²) in [5.74, 6) is 0.140. The van der Waals surface area contributed by atoms with Gasteiger partial charge in [0.05, 0.1) is 22.8 Å². The molecule has 5 rings (SSSR count). The minimum Gasteiger partial charge on any atom is -0.338 e. The van der Waals surface area contributed by atoms with E-state index in [1.807, 2.05) is 53.4 Å². The number of likely N-dealkylation sites (tertiary alicyclic amines) is 1. The summed E-state index contributed by atoms with van der Waals surface area (Å²) >= 11 is 1.74. The van der Waals surface area contributed by atoms with Gasteiger partial charge in [-0.15, -0.1) is 11.3 Å². The van der Waals surface area contributed by atoms with Crippen LogP contribution >= 0.6 is 11.3 Å². The van der Waals surface area contributed by atoms with Gasteiger partial charge in [-0.3, -0.25) is 9.69 Å². The van der Waals surface area contributed by atoms with Gasteiger partial charge in [0.1, 0.15) is 5.01 Å². The minimum atomic E-state index is -0.112. The topological polar surface area (TPSA) is 68.8 Å². The maximum atomic E-state index is 13.0. The number of hydrogen-bond donors (Lipinski definition) is 1. The second-order valence-electron chi connectivity index (χ2n) is 8.31. The molecule has 3 amide bonds.